The highest BCUT2D eigenvalue weighted by Gasteiger charge is 2.10. The topological polar surface area (TPSA) is 34.1 Å². The average molecular weight is 126 g/mol. The number of hydrogen-bond donors (Lipinski definition) is 0. The minimum Gasteiger partial charge on any atom is -0.291 e. The smallest absolute Gasteiger partial charge is 0.223 e. The van der Waals surface area contributed by atoms with E-state index in [2.05, 4.69) is 6.58 Å². The van der Waals surface area contributed by atoms with Gasteiger partial charge < -0.3 is 0 Å². The molecule has 0 atom stereocenters. The predicted octanol–water partition coefficient (Wildman–Crippen LogP) is 1.11. The van der Waals surface area contributed by atoms with E-state index >= 15 is 0 Å². The van der Waals surface area contributed by atoms with Crippen molar-refractivity contribution in [2.75, 3.05) is 0 Å². The van der Waals surface area contributed by atoms with E-state index in [0.29, 0.717) is 5.57 Å². The lowest BCUT2D eigenvalue weighted by molar-refractivity contribution is -0.134. The first-order valence-corrected chi connectivity index (χ1v) is 2.82. The summed E-state index contributed by atoms with van der Waals surface area (Å²) < 4.78 is 0. The van der Waals surface area contributed by atoms with E-state index < -0.39 is 5.78 Å². The number of ketones is 2. The Balaban J connectivity index is 4.05. The molecule has 0 aliphatic heterocycles. The van der Waals surface area contributed by atoms with E-state index in [1.165, 1.54) is 6.92 Å². The fourth-order valence-corrected chi connectivity index (χ4v) is 0.399. The van der Waals surface area contributed by atoms with Crippen LogP contribution in [0.4, 0.5) is 0 Å². The van der Waals surface area contributed by atoms with Gasteiger partial charge in [-0.25, -0.2) is 0 Å². The second-order valence-corrected chi connectivity index (χ2v) is 1.89. The Morgan fingerprint density at radius 3 is 2.00 bits per heavy atom. The van der Waals surface area contributed by atoms with Gasteiger partial charge in [-0.05, 0) is 12.5 Å². The normalized spacial score (nSPS) is 8.67. The quantitative estimate of drug-likeness (QED) is 0.419. The summed E-state index contributed by atoms with van der Waals surface area (Å²) in [4.78, 5) is 21.2. The van der Waals surface area contributed by atoms with E-state index in [1.54, 1.807) is 6.92 Å². The molecule has 0 unspecified atom stereocenters. The molecule has 0 fully saturated rings. The highest BCUT2D eigenvalue weighted by Crippen LogP contribution is 1.93. The summed E-state index contributed by atoms with van der Waals surface area (Å²) >= 11 is 0. The summed E-state index contributed by atoms with van der Waals surface area (Å²) in [6.07, 6.45) is 0.270. The molecular weight excluding hydrogens is 116 g/mol. The maximum atomic E-state index is 10.6. The molecule has 2 heteroatoms. The van der Waals surface area contributed by atoms with Gasteiger partial charge in [-0.3, -0.25) is 9.59 Å². The molecule has 0 saturated carbocycles. The van der Waals surface area contributed by atoms with Crippen molar-refractivity contribution in [1.29, 1.82) is 0 Å². The van der Waals surface area contributed by atoms with Crippen LogP contribution in [0.1, 0.15) is 20.3 Å². The summed E-state index contributed by atoms with van der Waals surface area (Å²) in [6, 6.07) is 0. The first-order chi connectivity index (χ1) is 4.09. The first-order valence-electron chi connectivity index (χ1n) is 2.82. The third-order valence-electron chi connectivity index (χ3n) is 0.962. The lowest BCUT2D eigenvalue weighted by Crippen LogP contribution is -2.12. The minimum atomic E-state index is -0.447. The zero-order valence-electron chi connectivity index (χ0n) is 5.73. The second kappa shape index (κ2) is 3.17. The lowest BCUT2D eigenvalue weighted by atomic mass is 10.1. The number of rotatable bonds is 3. The number of hydrogen-bond acceptors (Lipinski definition) is 2. The van der Waals surface area contributed by atoms with Crippen molar-refractivity contribution in [2.45, 2.75) is 20.3 Å². The monoisotopic (exact) mass is 126 g/mol. The van der Waals surface area contributed by atoms with Crippen molar-refractivity contribution in [3.05, 3.63) is 12.2 Å². The molecular formula is C7H10O2. The summed E-state index contributed by atoms with van der Waals surface area (Å²) in [5, 5.41) is 0. The van der Waals surface area contributed by atoms with E-state index in [-0.39, 0.29) is 12.2 Å². The molecule has 0 N–H and O–H groups in total. The van der Waals surface area contributed by atoms with Gasteiger partial charge in [0.25, 0.3) is 0 Å². The Bertz CT molecular complexity index is 156. The summed E-state index contributed by atoms with van der Waals surface area (Å²) in [6.45, 7) is 6.55. The third kappa shape index (κ3) is 2.22. The van der Waals surface area contributed by atoms with Crippen LogP contribution < -0.4 is 0 Å². The SMILES string of the molecule is C=C(C)C(=O)C(=O)CC. The zero-order chi connectivity index (χ0) is 7.44. The maximum Gasteiger partial charge on any atom is 0.223 e. The second-order valence-electron chi connectivity index (χ2n) is 1.89. The molecule has 0 spiro atoms. The lowest BCUT2D eigenvalue weighted by Gasteiger charge is -1.91. The maximum absolute atomic E-state index is 10.6. The Morgan fingerprint density at radius 2 is 1.89 bits per heavy atom. The van der Waals surface area contributed by atoms with Gasteiger partial charge >= 0.3 is 0 Å². The highest BCUT2D eigenvalue weighted by atomic mass is 16.2. The van der Waals surface area contributed by atoms with Crippen molar-refractivity contribution < 1.29 is 9.59 Å². The highest BCUT2D eigenvalue weighted by molar-refractivity contribution is 6.43. The van der Waals surface area contributed by atoms with Crippen LogP contribution in [0.15, 0.2) is 12.2 Å². The van der Waals surface area contributed by atoms with Crippen molar-refractivity contribution >= 4 is 11.6 Å². The third-order valence-corrected chi connectivity index (χ3v) is 0.962. The van der Waals surface area contributed by atoms with Crippen molar-refractivity contribution in [3.63, 3.8) is 0 Å². The Kier molecular flexibility index (Phi) is 2.85. The predicted molar refractivity (Wildman–Crippen MR) is 35.1 cm³/mol. The van der Waals surface area contributed by atoms with Crippen LogP contribution in [0, 0.1) is 0 Å². The molecule has 0 radical (unpaired) electrons. The number of allylic oxidation sites excluding steroid dienone is 1. The average Bonchev–Trinajstić information content (AvgIpc) is 1.84. The van der Waals surface area contributed by atoms with Gasteiger partial charge in [-0.15, -0.1) is 0 Å². The van der Waals surface area contributed by atoms with Crippen LogP contribution in [0.5, 0.6) is 0 Å². The van der Waals surface area contributed by atoms with Crippen molar-refractivity contribution in [3.8, 4) is 0 Å². The van der Waals surface area contributed by atoms with Gasteiger partial charge in [-0.2, -0.15) is 0 Å². The molecule has 0 aromatic rings. The van der Waals surface area contributed by atoms with Crippen LogP contribution in [0.3, 0.4) is 0 Å². The number of carbonyl (C=O) groups is 2. The van der Waals surface area contributed by atoms with Crippen LogP contribution in [0.25, 0.3) is 0 Å². The zero-order valence-corrected chi connectivity index (χ0v) is 5.73. The van der Waals surface area contributed by atoms with Crippen LogP contribution in [-0.2, 0) is 9.59 Å². The summed E-state index contributed by atoms with van der Waals surface area (Å²) in [7, 11) is 0. The Labute approximate surface area is 54.6 Å². The van der Waals surface area contributed by atoms with E-state index in [0.717, 1.165) is 0 Å². The largest absolute Gasteiger partial charge is 0.291 e. The molecule has 0 amide bonds. The van der Waals surface area contributed by atoms with E-state index in [4.69, 9.17) is 0 Å². The van der Waals surface area contributed by atoms with Gasteiger partial charge in [0.05, 0.1) is 0 Å². The molecule has 0 saturated heterocycles. The summed E-state index contributed by atoms with van der Waals surface area (Å²) in [5.74, 6) is -0.806. The molecule has 0 aliphatic rings. The fraction of sp³-hybridized carbons (Fsp3) is 0.429. The molecule has 2 nitrogen and oxygen atoms in total. The van der Waals surface area contributed by atoms with Crippen molar-refractivity contribution in [2.24, 2.45) is 0 Å². The molecule has 0 bridgehead atoms. The standard InChI is InChI=1S/C7H10O2/c1-4-6(8)7(9)5(2)3/h2,4H2,1,3H3. The van der Waals surface area contributed by atoms with Crippen LogP contribution >= 0.6 is 0 Å². The van der Waals surface area contributed by atoms with Gasteiger partial charge in [0, 0.05) is 6.42 Å². The van der Waals surface area contributed by atoms with Gasteiger partial charge in [0.15, 0.2) is 0 Å². The molecule has 9 heavy (non-hydrogen) atoms. The molecule has 50 valence electrons. The van der Waals surface area contributed by atoms with E-state index in [1.807, 2.05) is 0 Å². The van der Waals surface area contributed by atoms with Gasteiger partial charge in [0.1, 0.15) is 0 Å². The van der Waals surface area contributed by atoms with E-state index in [9.17, 15) is 9.59 Å². The number of carbonyl (C=O) groups excluding carboxylic acids is 2. The molecule has 0 aromatic heterocycles. The number of Topliss-reactive ketones (excluding diaryl/α,β-unsaturated/α-hetero) is 2. The van der Waals surface area contributed by atoms with Crippen LogP contribution in [0.2, 0.25) is 0 Å². The Hall–Kier alpha value is -0.920. The molecule has 0 rings (SSSR count). The Morgan fingerprint density at radius 1 is 1.44 bits per heavy atom. The summed E-state index contributed by atoms with van der Waals surface area (Å²) in [5.41, 5.74) is 0.321. The van der Waals surface area contributed by atoms with Gasteiger partial charge in [0.2, 0.25) is 11.6 Å². The fourth-order valence-electron chi connectivity index (χ4n) is 0.399. The minimum absolute atomic E-state index is 0.270. The molecule has 0 aromatic carbocycles. The van der Waals surface area contributed by atoms with Crippen molar-refractivity contribution in [1.82, 2.24) is 0 Å². The van der Waals surface area contributed by atoms with Gasteiger partial charge in [-0.1, -0.05) is 13.5 Å². The van der Waals surface area contributed by atoms with Crippen LogP contribution in [-0.4, -0.2) is 11.6 Å². The first kappa shape index (κ1) is 8.08. The molecule has 0 heterocycles. The molecule has 0 aliphatic carbocycles.